The van der Waals surface area contributed by atoms with E-state index in [0.717, 1.165) is 43.2 Å². The van der Waals surface area contributed by atoms with Crippen molar-refractivity contribution in [2.45, 2.75) is 63.6 Å². The third-order valence-corrected chi connectivity index (χ3v) is 6.02. The molecule has 3 rings (SSSR count). The highest BCUT2D eigenvalue weighted by Crippen LogP contribution is 2.42. The molecule has 5 heteroatoms. The van der Waals surface area contributed by atoms with Crippen molar-refractivity contribution >= 4 is 17.8 Å². The van der Waals surface area contributed by atoms with Gasteiger partial charge >= 0.3 is 0 Å². The molecule has 150 valence electrons. The molecule has 1 aliphatic carbocycles. The number of aliphatic hydroxyl groups is 1. The van der Waals surface area contributed by atoms with Gasteiger partial charge in [0.05, 0.1) is 11.6 Å². The average molecular weight is 383 g/mol. The molecule has 1 heterocycles. The molecule has 1 aromatic carbocycles. The Labute approximate surface area is 166 Å². The monoisotopic (exact) mass is 382 g/mol. The molecule has 0 aromatic heterocycles. The molecular weight excluding hydrogens is 352 g/mol. The van der Waals surface area contributed by atoms with Crippen molar-refractivity contribution in [1.29, 1.82) is 0 Å². The highest BCUT2D eigenvalue weighted by atomic mass is 16.3. The molecule has 1 aliphatic heterocycles. The van der Waals surface area contributed by atoms with Crippen LogP contribution in [-0.4, -0.2) is 29.3 Å². The minimum absolute atomic E-state index is 0.0810. The van der Waals surface area contributed by atoms with E-state index in [1.54, 1.807) is 6.08 Å². The van der Waals surface area contributed by atoms with Crippen LogP contribution in [0.15, 0.2) is 48.3 Å². The summed E-state index contributed by atoms with van der Waals surface area (Å²) in [6.07, 6.45) is 8.74. The van der Waals surface area contributed by atoms with E-state index in [4.69, 9.17) is 5.73 Å². The number of rotatable bonds is 8. The number of carbonyl (C=O) groups is 2. The predicted octanol–water partition coefficient (Wildman–Crippen LogP) is 3.83. The maximum atomic E-state index is 13.0. The first-order valence-corrected chi connectivity index (χ1v) is 10.2. The van der Waals surface area contributed by atoms with E-state index in [-0.39, 0.29) is 23.5 Å². The van der Waals surface area contributed by atoms with E-state index in [1.807, 2.05) is 29.2 Å². The molecule has 3 N–H and O–H groups in total. The van der Waals surface area contributed by atoms with Crippen LogP contribution in [0.4, 0.5) is 5.69 Å². The van der Waals surface area contributed by atoms with Gasteiger partial charge in [0.2, 0.25) is 0 Å². The Kier molecular flexibility index (Phi) is 6.68. The Hall–Kier alpha value is -2.40. The summed E-state index contributed by atoms with van der Waals surface area (Å²) in [6.45, 7) is 4.13. The SMILES string of the molecule is C=CCCC(=O)C1=C(O)C(C=O)N(c2ccc(CN)cc2)C1C1CCCCC1. The van der Waals surface area contributed by atoms with Crippen molar-refractivity contribution in [1.82, 2.24) is 0 Å². The predicted molar refractivity (Wildman–Crippen MR) is 111 cm³/mol. The molecular formula is C23H30N2O3. The first kappa shape index (κ1) is 20.3. The van der Waals surface area contributed by atoms with E-state index in [9.17, 15) is 14.7 Å². The first-order chi connectivity index (χ1) is 13.6. The maximum Gasteiger partial charge on any atom is 0.164 e. The molecule has 0 bridgehead atoms. The molecule has 0 saturated heterocycles. The summed E-state index contributed by atoms with van der Waals surface area (Å²) in [5.41, 5.74) is 7.97. The molecule has 1 saturated carbocycles. The van der Waals surface area contributed by atoms with Gasteiger partial charge in [0.1, 0.15) is 18.1 Å². The lowest BCUT2D eigenvalue weighted by Crippen LogP contribution is -2.45. The molecule has 1 fully saturated rings. The van der Waals surface area contributed by atoms with Gasteiger partial charge in [-0.2, -0.15) is 0 Å². The number of nitrogens with zero attached hydrogens (tertiary/aromatic N) is 1. The fourth-order valence-corrected chi connectivity index (χ4v) is 4.60. The summed E-state index contributed by atoms with van der Waals surface area (Å²) in [4.78, 5) is 26.9. The number of hydrogen-bond donors (Lipinski definition) is 2. The topological polar surface area (TPSA) is 83.6 Å². The van der Waals surface area contributed by atoms with Gasteiger partial charge in [0.25, 0.3) is 0 Å². The Morgan fingerprint density at radius 1 is 1.21 bits per heavy atom. The number of carbonyl (C=O) groups excluding carboxylic acids is 2. The Balaban J connectivity index is 2.03. The van der Waals surface area contributed by atoms with Crippen molar-refractivity contribution in [3.05, 3.63) is 53.8 Å². The zero-order chi connectivity index (χ0) is 20.1. The van der Waals surface area contributed by atoms with Gasteiger partial charge in [-0.05, 0) is 42.9 Å². The van der Waals surface area contributed by atoms with Gasteiger partial charge in [-0.1, -0.05) is 37.5 Å². The second-order valence-electron chi connectivity index (χ2n) is 7.75. The number of aldehydes is 1. The number of Topliss-reactive ketones (excluding diaryl/α,β-unsaturated/α-hetero) is 1. The van der Waals surface area contributed by atoms with Crippen LogP contribution >= 0.6 is 0 Å². The van der Waals surface area contributed by atoms with Crippen LogP contribution in [0.1, 0.15) is 50.5 Å². The number of nitrogens with two attached hydrogens (primary N) is 1. The highest BCUT2D eigenvalue weighted by molar-refractivity contribution is 6.00. The lowest BCUT2D eigenvalue weighted by molar-refractivity contribution is -0.116. The molecule has 0 radical (unpaired) electrons. The maximum absolute atomic E-state index is 13.0. The zero-order valence-electron chi connectivity index (χ0n) is 16.3. The minimum Gasteiger partial charge on any atom is -0.509 e. The molecule has 0 amide bonds. The van der Waals surface area contributed by atoms with Crippen molar-refractivity contribution in [2.75, 3.05) is 4.90 Å². The normalized spacial score (nSPS) is 23.1. The molecule has 0 spiro atoms. The number of benzene rings is 1. The van der Waals surface area contributed by atoms with Crippen molar-refractivity contribution in [3.8, 4) is 0 Å². The minimum atomic E-state index is -0.821. The van der Waals surface area contributed by atoms with Gasteiger partial charge in [-0.15, -0.1) is 6.58 Å². The largest absolute Gasteiger partial charge is 0.509 e. The standard InChI is InChI=1S/C23H30N2O3/c1-2-3-9-20(27)21-22(17-7-5-4-6-8-17)25(19(15-26)23(21)28)18-12-10-16(14-24)11-13-18/h2,10-13,15,17,19,22,28H,1,3-9,14,24H2. The van der Waals surface area contributed by atoms with Gasteiger partial charge in [-0.25, -0.2) is 0 Å². The van der Waals surface area contributed by atoms with Gasteiger partial charge in [0.15, 0.2) is 5.78 Å². The van der Waals surface area contributed by atoms with E-state index >= 15 is 0 Å². The lowest BCUT2D eigenvalue weighted by atomic mass is 9.79. The molecule has 5 nitrogen and oxygen atoms in total. The van der Waals surface area contributed by atoms with Crippen LogP contribution in [0, 0.1) is 5.92 Å². The number of aliphatic hydroxyl groups excluding tert-OH is 1. The average Bonchev–Trinajstić information content (AvgIpc) is 3.04. The third-order valence-electron chi connectivity index (χ3n) is 6.02. The van der Waals surface area contributed by atoms with Gasteiger partial charge < -0.3 is 20.5 Å². The van der Waals surface area contributed by atoms with Crippen molar-refractivity contribution in [2.24, 2.45) is 11.7 Å². The summed E-state index contributed by atoms with van der Waals surface area (Å²) in [5, 5.41) is 10.9. The number of hydrogen-bond acceptors (Lipinski definition) is 5. The van der Waals surface area contributed by atoms with Gasteiger partial charge in [0, 0.05) is 18.7 Å². The fraction of sp³-hybridized carbons (Fsp3) is 0.478. The number of anilines is 1. The van der Waals surface area contributed by atoms with Crippen LogP contribution in [-0.2, 0) is 16.1 Å². The van der Waals surface area contributed by atoms with Gasteiger partial charge in [-0.3, -0.25) is 4.79 Å². The van der Waals surface area contributed by atoms with Crippen LogP contribution in [0.3, 0.4) is 0 Å². The van der Waals surface area contributed by atoms with Crippen LogP contribution in [0.25, 0.3) is 0 Å². The Bertz CT molecular complexity index is 748. The molecule has 2 aliphatic rings. The first-order valence-electron chi connectivity index (χ1n) is 10.2. The number of ketones is 1. The van der Waals surface area contributed by atoms with E-state index < -0.39 is 6.04 Å². The van der Waals surface area contributed by atoms with Crippen molar-refractivity contribution in [3.63, 3.8) is 0 Å². The summed E-state index contributed by atoms with van der Waals surface area (Å²) >= 11 is 0. The smallest absolute Gasteiger partial charge is 0.164 e. The lowest BCUT2D eigenvalue weighted by Gasteiger charge is -2.38. The van der Waals surface area contributed by atoms with Crippen LogP contribution in [0.2, 0.25) is 0 Å². The summed E-state index contributed by atoms with van der Waals surface area (Å²) < 4.78 is 0. The summed E-state index contributed by atoms with van der Waals surface area (Å²) in [7, 11) is 0. The molecule has 1 aromatic rings. The van der Waals surface area contributed by atoms with Crippen molar-refractivity contribution < 1.29 is 14.7 Å². The van der Waals surface area contributed by atoms with E-state index in [1.165, 1.54) is 6.42 Å². The second kappa shape index (κ2) is 9.20. The Morgan fingerprint density at radius 3 is 2.46 bits per heavy atom. The van der Waals surface area contributed by atoms with E-state index in [2.05, 4.69) is 6.58 Å². The molecule has 2 atom stereocenters. The summed E-state index contributed by atoms with van der Waals surface area (Å²) in [5.74, 6) is 0.0844. The zero-order valence-corrected chi connectivity index (χ0v) is 16.3. The quantitative estimate of drug-likeness (QED) is 0.527. The molecule has 28 heavy (non-hydrogen) atoms. The highest BCUT2D eigenvalue weighted by Gasteiger charge is 2.46. The summed E-state index contributed by atoms with van der Waals surface area (Å²) in [6, 6.07) is 6.64. The third kappa shape index (κ3) is 3.90. The number of allylic oxidation sites excluding steroid dienone is 1. The fourth-order valence-electron chi connectivity index (χ4n) is 4.60. The second-order valence-corrected chi connectivity index (χ2v) is 7.75. The van der Waals surface area contributed by atoms with Crippen LogP contribution < -0.4 is 10.6 Å². The van der Waals surface area contributed by atoms with Crippen LogP contribution in [0.5, 0.6) is 0 Å². The Morgan fingerprint density at radius 2 is 1.89 bits per heavy atom. The molecule has 2 unspecified atom stereocenters. The van der Waals surface area contributed by atoms with E-state index in [0.29, 0.717) is 25.0 Å².